The molecular weight excluding hydrogens is 544 g/mol. The minimum absolute atomic E-state index is 0.101. The van der Waals surface area contributed by atoms with Crippen LogP contribution in [0.1, 0.15) is 92.9 Å². The van der Waals surface area contributed by atoms with Crippen LogP contribution in [-0.2, 0) is 13.9 Å². The highest BCUT2D eigenvalue weighted by atomic mass is 28.4. The fourth-order valence-corrected chi connectivity index (χ4v) is 11.0. The molecule has 238 valence electrons. The van der Waals surface area contributed by atoms with Gasteiger partial charge in [-0.25, -0.2) is 9.59 Å². The molecule has 4 fully saturated rings. The van der Waals surface area contributed by atoms with Gasteiger partial charge < -0.3 is 23.7 Å². The lowest BCUT2D eigenvalue weighted by atomic mass is 9.47. The molecule has 1 unspecified atom stereocenters. The van der Waals surface area contributed by atoms with Crippen molar-refractivity contribution in [2.45, 2.75) is 123 Å². The first-order valence-electron chi connectivity index (χ1n) is 16.8. The number of amides is 2. The highest BCUT2D eigenvalue weighted by Gasteiger charge is 2.60. The molecule has 0 aromatic heterocycles. The standard InChI is InChI=1S/C34H58N2O5Si/c1-23(40-31(38)36-20-18-35(19-21-36)30(37)39-7)27-12-13-28-26-11-10-24-22-25(41-42(8,9)32(2,3)4)14-16-33(24,5)29(26)15-17-34(27,28)6/h10,23,25-29H,11-22H2,1-9H3/t23-,25?,26-,27+,28-,29-,33-,34+/m0/s1. The predicted octanol–water partition coefficient (Wildman–Crippen LogP) is 7.86. The number of allylic oxidation sites excluding steroid dienone is 1. The van der Waals surface area contributed by atoms with Crippen molar-refractivity contribution in [3.05, 3.63) is 11.6 Å². The number of ether oxygens (including phenoxy) is 2. The van der Waals surface area contributed by atoms with E-state index >= 15 is 0 Å². The molecule has 0 aromatic rings. The Kier molecular flexibility index (Phi) is 8.67. The molecule has 0 N–H and O–H groups in total. The summed E-state index contributed by atoms with van der Waals surface area (Å²) in [6, 6.07) is 0. The maximum absolute atomic E-state index is 13.1. The number of fused-ring (bicyclic) bond motifs is 5. The SMILES string of the molecule is COC(=O)N1CCN(C(=O)O[C@@H](C)[C@H]2CC[C@H]3[C@@H]4CC=C5CC(O[Si](C)(C)C(C)(C)C)CC[C@]5(C)[C@H]4CC[C@]23C)CC1. The van der Waals surface area contributed by atoms with E-state index in [2.05, 4.69) is 60.7 Å². The number of rotatable bonds is 4. The number of nitrogens with zero attached hydrogens (tertiary/aromatic N) is 2. The van der Waals surface area contributed by atoms with Crippen molar-refractivity contribution in [2.24, 2.45) is 34.5 Å². The average molecular weight is 603 g/mol. The van der Waals surface area contributed by atoms with Crippen LogP contribution in [0.2, 0.25) is 18.1 Å². The summed E-state index contributed by atoms with van der Waals surface area (Å²) in [5, 5.41) is 0.248. The Morgan fingerprint density at radius 1 is 0.952 bits per heavy atom. The van der Waals surface area contributed by atoms with Gasteiger partial charge in [0.15, 0.2) is 8.32 Å². The van der Waals surface area contributed by atoms with Crippen molar-refractivity contribution >= 4 is 20.5 Å². The van der Waals surface area contributed by atoms with E-state index in [4.69, 9.17) is 13.9 Å². The van der Waals surface area contributed by atoms with Gasteiger partial charge in [-0.15, -0.1) is 0 Å². The van der Waals surface area contributed by atoms with Gasteiger partial charge in [0.25, 0.3) is 0 Å². The molecule has 7 nitrogen and oxygen atoms in total. The zero-order chi connectivity index (χ0) is 30.7. The Balaban J connectivity index is 1.22. The molecule has 42 heavy (non-hydrogen) atoms. The highest BCUT2D eigenvalue weighted by molar-refractivity contribution is 6.74. The summed E-state index contributed by atoms with van der Waals surface area (Å²) in [4.78, 5) is 28.3. The lowest BCUT2D eigenvalue weighted by molar-refractivity contribution is -0.0716. The molecule has 1 aliphatic heterocycles. The van der Waals surface area contributed by atoms with Crippen molar-refractivity contribution in [1.82, 2.24) is 9.80 Å². The van der Waals surface area contributed by atoms with Crippen LogP contribution in [0.15, 0.2) is 11.6 Å². The van der Waals surface area contributed by atoms with E-state index in [0.717, 1.165) is 24.7 Å². The normalized spacial score (nSPS) is 37.6. The van der Waals surface area contributed by atoms with E-state index in [9.17, 15) is 9.59 Å². The van der Waals surface area contributed by atoms with Gasteiger partial charge in [0.2, 0.25) is 0 Å². The largest absolute Gasteiger partial charge is 0.453 e. The fourth-order valence-electron chi connectivity index (χ4n) is 9.65. The molecule has 0 bridgehead atoms. The van der Waals surface area contributed by atoms with Crippen LogP contribution in [0.4, 0.5) is 9.59 Å². The number of piperazine rings is 1. The average Bonchev–Trinajstić information content (AvgIpc) is 3.29. The third kappa shape index (κ3) is 5.57. The lowest BCUT2D eigenvalue weighted by Crippen LogP contribution is -2.53. The van der Waals surface area contributed by atoms with Gasteiger partial charge >= 0.3 is 12.2 Å². The van der Waals surface area contributed by atoms with Gasteiger partial charge in [0, 0.05) is 38.2 Å². The third-order valence-corrected chi connectivity index (χ3v) is 17.8. The molecule has 8 heteroatoms. The quantitative estimate of drug-likeness (QED) is 0.242. The van der Waals surface area contributed by atoms with Crippen molar-refractivity contribution in [1.29, 1.82) is 0 Å². The van der Waals surface area contributed by atoms with Crippen LogP contribution in [0.25, 0.3) is 0 Å². The molecule has 3 saturated carbocycles. The van der Waals surface area contributed by atoms with Crippen LogP contribution >= 0.6 is 0 Å². The summed E-state index contributed by atoms with van der Waals surface area (Å²) >= 11 is 0. The maximum Gasteiger partial charge on any atom is 0.410 e. The Morgan fingerprint density at radius 3 is 2.21 bits per heavy atom. The summed E-state index contributed by atoms with van der Waals surface area (Å²) in [5.74, 6) is 2.58. The van der Waals surface area contributed by atoms with E-state index < -0.39 is 8.32 Å². The smallest absolute Gasteiger partial charge is 0.410 e. The van der Waals surface area contributed by atoms with Crippen molar-refractivity contribution in [3.63, 3.8) is 0 Å². The van der Waals surface area contributed by atoms with E-state index in [0.29, 0.717) is 49.5 Å². The molecule has 5 aliphatic rings. The minimum atomic E-state index is -1.77. The van der Waals surface area contributed by atoms with Gasteiger partial charge in [-0.05, 0) is 105 Å². The molecular formula is C34H58N2O5Si. The first kappa shape index (κ1) is 31.9. The number of hydrogen-bond donors (Lipinski definition) is 0. The molecule has 1 heterocycles. The van der Waals surface area contributed by atoms with Crippen molar-refractivity contribution in [3.8, 4) is 0 Å². The van der Waals surface area contributed by atoms with Gasteiger partial charge in [0.1, 0.15) is 6.10 Å². The summed E-state index contributed by atoms with van der Waals surface area (Å²) in [7, 11) is -0.377. The van der Waals surface area contributed by atoms with Crippen LogP contribution < -0.4 is 0 Å². The summed E-state index contributed by atoms with van der Waals surface area (Å²) in [6.07, 6.45) is 12.0. The highest BCUT2D eigenvalue weighted by Crippen LogP contribution is 2.67. The van der Waals surface area contributed by atoms with E-state index in [1.165, 1.54) is 45.6 Å². The second-order valence-electron chi connectivity index (χ2n) is 16.3. The van der Waals surface area contributed by atoms with Gasteiger partial charge in [-0.3, -0.25) is 0 Å². The molecule has 2 amide bonds. The number of carbonyl (C=O) groups excluding carboxylic acids is 2. The Labute approximate surface area is 256 Å². The molecule has 8 atom stereocenters. The third-order valence-electron chi connectivity index (χ3n) is 13.2. The van der Waals surface area contributed by atoms with Gasteiger partial charge in [-0.2, -0.15) is 0 Å². The van der Waals surface area contributed by atoms with Gasteiger partial charge in [-0.1, -0.05) is 46.3 Å². The van der Waals surface area contributed by atoms with E-state index in [-0.39, 0.29) is 28.7 Å². The number of carbonyl (C=O) groups is 2. The lowest BCUT2D eigenvalue weighted by Gasteiger charge is -2.58. The van der Waals surface area contributed by atoms with Crippen LogP contribution in [0.5, 0.6) is 0 Å². The van der Waals surface area contributed by atoms with Crippen LogP contribution in [0, 0.1) is 34.5 Å². The number of methoxy groups -OCH3 is 1. The van der Waals surface area contributed by atoms with Crippen LogP contribution in [0.3, 0.4) is 0 Å². The molecule has 1 saturated heterocycles. The topological polar surface area (TPSA) is 68.3 Å². The Hall–Kier alpha value is -1.54. The molecule has 0 radical (unpaired) electrons. The number of hydrogen-bond acceptors (Lipinski definition) is 5. The predicted molar refractivity (Wildman–Crippen MR) is 169 cm³/mol. The summed E-state index contributed by atoms with van der Waals surface area (Å²) in [6.45, 7) is 21.0. The van der Waals surface area contributed by atoms with E-state index in [1.807, 2.05) is 0 Å². The molecule has 4 aliphatic carbocycles. The maximum atomic E-state index is 13.1. The zero-order valence-corrected chi connectivity index (χ0v) is 29.0. The molecule has 0 aromatic carbocycles. The Morgan fingerprint density at radius 2 is 1.60 bits per heavy atom. The fraction of sp³-hybridized carbons (Fsp3) is 0.882. The minimum Gasteiger partial charge on any atom is -0.453 e. The van der Waals surface area contributed by atoms with E-state index in [1.54, 1.807) is 15.4 Å². The monoisotopic (exact) mass is 602 g/mol. The molecule has 5 rings (SSSR count). The van der Waals surface area contributed by atoms with Gasteiger partial charge in [0.05, 0.1) is 7.11 Å². The van der Waals surface area contributed by atoms with Crippen molar-refractivity contribution < 1.29 is 23.5 Å². The molecule has 0 spiro atoms. The summed E-state index contributed by atoms with van der Waals surface area (Å²) < 4.78 is 17.9. The first-order valence-corrected chi connectivity index (χ1v) is 19.7. The second kappa shape index (κ2) is 11.4. The first-order chi connectivity index (χ1) is 19.6. The van der Waals surface area contributed by atoms with Crippen LogP contribution in [-0.4, -0.2) is 75.8 Å². The Bertz CT molecular complexity index is 1060. The second-order valence-corrected chi connectivity index (χ2v) is 21.0. The zero-order valence-electron chi connectivity index (χ0n) is 28.0. The summed E-state index contributed by atoms with van der Waals surface area (Å²) in [5.41, 5.74) is 2.21. The van der Waals surface area contributed by atoms with Crippen molar-refractivity contribution in [2.75, 3.05) is 33.3 Å².